The Balaban J connectivity index is 1.69. The van der Waals surface area contributed by atoms with Crippen molar-refractivity contribution in [2.24, 2.45) is 0 Å². The van der Waals surface area contributed by atoms with E-state index in [1.165, 1.54) is 34.0 Å². The van der Waals surface area contributed by atoms with Gasteiger partial charge in [0.05, 0.1) is 10.7 Å². The van der Waals surface area contributed by atoms with Gasteiger partial charge in [0.2, 0.25) is 0 Å². The Hall–Kier alpha value is -1.49. The SMILES string of the molecule is Cc1nc2c(c(NCCc3nc(C)c(C)s3)n1)CCCC2. The molecule has 0 saturated carbocycles. The molecule has 112 valence electrons. The van der Waals surface area contributed by atoms with Crippen molar-refractivity contribution in [2.75, 3.05) is 11.9 Å². The van der Waals surface area contributed by atoms with Crippen LogP contribution in [0, 0.1) is 20.8 Å². The minimum atomic E-state index is 0.874. The summed E-state index contributed by atoms with van der Waals surface area (Å²) in [6.45, 7) is 7.07. The lowest BCUT2D eigenvalue weighted by atomic mass is 9.96. The van der Waals surface area contributed by atoms with E-state index in [9.17, 15) is 0 Å². The van der Waals surface area contributed by atoms with Gasteiger partial charge in [0, 0.05) is 29.1 Å². The summed E-state index contributed by atoms with van der Waals surface area (Å²) in [5.41, 5.74) is 3.74. The first-order valence-electron chi connectivity index (χ1n) is 7.66. The van der Waals surface area contributed by atoms with Crippen molar-refractivity contribution >= 4 is 17.2 Å². The topological polar surface area (TPSA) is 50.7 Å². The van der Waals surface area contributed by atoms with E-state index in [2.05, 4.69) is 34.1 Å². The quantitative estimate of drug-likeness (QED) is 0.940. The normalized spacial score (nSPS) is 14.0. The zero-order valence-electron chi connectivity index (χ0n) is 13.0. The Bertz CT molecular complexity index is 628. The molecule has 0 bridgehead atoms. The largest absolute Gasteiger partial charge is 0.369 e. The molecule has 1 aliphatic rings. The van der Waals surface area contributed by atoms with Gasteiger partial charge in [-0.1, -0.05) is 0 Å². The van der Waals surface area contributed by atoms with E-state index in [-0.39, 0.29) is 0 Å². The highest BCUT2D eigenvalue weighted by molar-refractivity contribution is 7.11. The zero-order chi connectivity index (χ0) is 14.8. The standard InChI is InChI=1S/C16H22N4S/c1-10-11(2)21-15(18-10)8-9-17-16-13-6-4-5-7-14(13)19-12(3)20-16/h4-9H2,1-3H3,(H,17,19,20). The summed E-state index contributed by atoms with van der Waals surface area (Å²) in [5.74, 6) is 1.92. The smallest absolute Gasteiger partial charge is 0.133 e. The van der Waals surface area contributed by atoms with Crippen molar-refractivity contribution in [2.45, 2.75) is 52.9 Å². The van der Waals surface area contributed by atoms with Crippen molar-refractivity contribution in [3.05, 3.63) is 32.7 Å². The van der Waals surface area contributed by atoms with Crippen LogP contribution in [0.3, 0.4) is 0 Å². The highest BCUT2D eigenvalue weighted by atomic mass is 32.1. The highest BCUT2D eigenvalue weighted by Gasteiger charge is 2.16. The average Bonchev–Trinajstić information content (AvgIpc) is 2.77. The van der Waals surface area contributed by atoms with Crippen LogP contribution in [0.15, 0.2) is 0 Å². The summed E-state index contributed by atoms with van der Waals surface area (Å²) < 4.78 is 0. The molecule has 3 rings (SSSR count). The summed E-state index contributed by atoms with van der Waals surface area (Å²) in [4.78, 5) is 15.1. The minimum Gasteiger partial charge on any atom is -0.369 e. The second-order valence-electron chi connectivity index (χ2n) is 5.68. The molecule has 0 fully saturated rings. The molecule has 1 N–H and O–H groups in total. The summed E-state index contributed by atoms with van der Waals surface area (Å²) in [5, 5.41) is 4.71. The second-order valence-corrected chi connectivity index (χ2v) is 6.97. The van der Waals surface area contributed by atoms with Crippen LogP contribution in [0.1, 0.15) is 45.5 Å². The highest BCUT2D eigenvalue weighted by Crippen LogP contribution is 2.25. The fourth-order valence-corrected chi connectivity index (χ4v) is 3.73. The van der Waals surface area contributed by atoms with E-state index in [0.29, 0.717) is 0 Å². The number of aryl methyl sites for hydroxylation is 4. The van der Waals surface area contributed by atoms with Gasteiger partial charge in [-0.15, -0.1) is 11.3 Å². The molecule has 21 heavy (non-hydrogen) atoms. The van der Waals surface area contributed by atoms with Gasteiger partial charge >= 0.3 is 0 Å². The molecule has 0 radical (unpaired) electrons. The van der Waals surface area contributed by atoms with E-state index < -0.39 is 0 Å². The first kappa shape index (κ1) is 14.4. The second kappa shape index (κ2) is 6.10. The molecule has 0 aliphatic heterocycles. The molecule has 2 aromatic rings. The van der Waals surface area contributed by atoms with E-state index >= 15 is 0 Å². The molecule has 2 aromatic heterocycles. The van der Waals surface area contributed by atoms with Gasteiger partial charge < -0.3 is 5.32 Å². The predicted octanol–water partition coefficient (Wildman–Crippen LogP) is 3.39. The van der Waals surface area contributed by atoms with Crippen molar-refractivity contribution in [3.63, 3.8) is 0 Å². The van der Waals surface area contributed by atoms with E-state index in [1.54, 1.807) is 11.3 Å². The van der Waals surface area contributed by atoms with Crippen molar-refractivity contribution in [3.8, 4) is 0 Å². The molecule has 0 unspecified atom stereocenters. The van der Waals surface area contributed by atoms with Gasteiger partial charge in [0.25, 0.3) is 0 Å². The number of hydrogen-bond acceptors (Lipinski definition) is 5. The number of fused-ring (bicyclic) bond motifs is 1. The fourth-order valence-electron chi connectivity index (χ4n) is 2.80. The molecular weight excluding hydrogens is 280 g/mol. The third-order valence-electron chi connectivity index (χ3n) is 4.00. The molecular formula is C16H22N4S. The van der Waals surface area contributed by atoms with Crippen LogP contribution in [-0.2, 0) is 19.3 Å². The molecule has 0 amide bonds. The van der Waals surface area contributed by atoms with Crippen LogP contribution in [0.5, 0.6) is 0 Å². The predicted molar refractivity (Wildman–Crippen MR) is 87.2 cm³/mol. The lowest BCUT2D eigenvalue weighted by Crippen LogP contribution is -2.15. The number of rotatable bonds is 4. The van der Waals surface area contributed by atoms with Crippen LogP contribution in [0.25, 0.3) is 0 Å². The molecule has 4 nitrogen and oxygen atoms in total. The number of anilines is 1. The molecule has 1 aliphatic carbocycles. The number of thiazole rings is 1. The molecule has 5 heteroatoms. The number of hydrogen-bond donors (Lipinski definition) is 1. The number of nitrogens with zero attached hydrogens (tertiary/aromatic N) is 3. The number of aromatic nitrogens is 3. The molecule has 0 aromatic carbocycles. The summed E-state index contributed by atoms with van der Waals surface area (Å²) in [6, 6.07) is 0. The lowest BCUT2D eigenvalue weighted by molar-refractivity contribution is 0.659. The van der Waals surface area contributed by atoms with Crippen LogP contribution in [0.2, 0.25) is 0 Å². The van der Waals surface area contributed by atoms with Gasteiger partial charge in [0.15, 0.2) is 0 Å². The van der Waals surface area contributed by atoms with E-state index in [4.69, 9.17) is 0 Å². The van der Waals surface area contributed by atoms with Crippen LogP contribution < -0.4 is 5.32 Å². The fraction of sp³-hybridized carbons (Fsp3) is 0.562. The average molecular weight is 302 g/mol. The third kappa shape index (κ3) is 3.23. The van der Waals surface area contributed by atoms with Gasteiger partial charge in [-0.05, 0) is 46.5 Å². The third-order valence-corrected chi connectivity index (χ3v) is 5.13. The molecule has 0 atom stereocenters. The summed E-state index contributed by atoms with van der Waals surface area (Å²) in [7, 11) is 0. The van der Waals surface area contributed by atoms with E-state index in [0.717, 1.165) is 43.1 Å². The summed E-state index contributed by atoms with van der Waals surface area (Å²) in [6.07, 6.45) is 5.66. The maximum absolute atomic E-state index is 4.60. The zero-order valence-corrected chi connectivity index (χ0v) is 13.8. The van der Waals surface area contributed by atoms with Crippen molar-refractivity contribution in [1.82, 2.24) is 15.0 Å². The first-order chi connectivity index (χ1) is 10.1. The Morgan fingerprint density at radius 3 is 2.62 bits per heavy atom. The van der Waals surface area contributed by atoms with Crippen LogP contribution in [0.4, 0.5) is 5.82 Å². The van der Waals surface area contributed by atoms with Gasteiger partial charge in [0.1, 0.15) is 11.6 Å². The monoisotopic (exact) mass is 302 g/mol. The van der Waals surface area contributed by atoms with E-state index in [1.807, 2.05) is 6.92 Å². The summed E-state index contributed by atoms with van der Waals surface area (Å²) >= 11 is 1.80. The van der Waals surface area contributed by atoms with Crippen LogP contribution in [-0.4, -0.2) is 21.5 Å². The van der Waals surface area contributed by atoms with Crippen molar-refractivity contribution < 1.29 is 0 Å². The van der Waals surface area contributed by atoms with Gasteiger partial charge in [-0.2, -0.15) is 0 Å². The maximum Gasteiger partial charge on any atom is 0.133 e. The Labute approximate surface area is 130 Å². The lowest BCUT2D eigenvalue weighted by Gasteiger charge is -2.19. The molecule has 2 heterocycles. The number of nitrogens with one attached hydrogen (secondary N) is 1. The van der Waals surface area contributed by atoms with Crippen molar-refractivity contribution in [1.29, 1.82) is 0 Å². The first-order valence-corrected chi connectivity index (χ1v) is 8.48. The Kier molecular flexibility index (Phi) is 4.19. The van der Waals surface area contributed by atoms with Gasteiger partial charge in [-0.25, -0.2) is 15.0 Å². The van der Waals surface area contributed by atoms with Gasteiger partial charge in [-0.3, -0.25) is 0 Å². The Morgan fingerprint density at radius 1 is 1.05 bits per heavy atom. The Morgan fingerprint density at radius 2 is 1.86 bits per heavy atom. The minimum absolute atomic E-state index is 0.874. The molecule has 0 spiro atoms. The maximum atomic E-state index is 4.60. The molecule has 0 saturated heterocycles. The van der Waals surface area contributed by atoms with Crippen LogP contribution >= 0.6 is 11.3 Å².